The van der Waals surface area contributed by atoms with Crippen molar-refractivity contribution >= 4 is 45.1 Å². The molecule has 2 aromatic carbocycles. The van der Waals surface area contributed by atoms with Crippen LogP contribution in [0.25, 0.3) is 22.2 Å². The maximum Gasteiger partial charge on any atom is 0.138 e. The number of hydrogen-bond donors (Lipinski definition) is 0. The van der Waals surface area contributed by atoms with Gasteiger partial charge in [0.2, 0.25) is 0 Å². The Hall–Kier alpha value is -2.25. The largest absolute Gasteiger partial charge is 0.486 e. The maximum atomic E-state index is 6.44. The highest BCUT2D eigenvalue weighted by atomic mass is 127. The van der Waals surface area contributed by atoms with E-state index in [-0.39, 0.29) is 0 Å². The lowest BCUT2D eigenvalue weighted by atomic mass is 10.1. The van der Waals surface area contributed by atoms with E-state index in [1.54, 1.807) is 12.5 Å². The van der Waals surface area contributed by atoms with E-state index < -0.39 is 0 Å². The molecule has 0 amide bonds. The molecule has 0 aliphatic rings. The molecule has 0 atom stereocenters. The Morgan fingerprint density at radius 1 is 0.962 bits per heavy atom. The second kappa shape index (κ2) is 7.55. The fourth-order valence-electron chi connectivity index (χ4n) is 2.66. The van der Waals surface area contributed by atoms with Crippen molar-refractivity contribution in [1.82, 2.24) is 15.0 Å². The third-order valence-corrected chi connectivity index (χ3v) is 4.87. The summed E-state index contributed by atoms with van der Waals surface area (Å²) in [6, 6.07) is 17.5. The lowest BCUT2D eigenvalue weighted by Gasteiger charge is -2.10. The number of aromatic nitrogens is 3. The van der Waals surface area contributed by atoms with Gasteiger partial charge in [-0.25, -0.2) is 9.97 Å². The van der Waals surface area contributed by atoms with Crippen LogP contribution in [-0.4, -0.2) is 15.0 Å². The Balaban J connectivity index is 1.65. The van der Waals surface area contributed by atoms with Gasteiger partial charge >= 0.3 is 0 Å². The first-order valence-corrected chi connectivity index (χ1v) is 9.39. The summed E-state index contributed by atoms with van der Waals surface area (Å²) < 4.78 is 6.92. The number of benzene rings is 2. The number of nitrogens with zero attached hydrogens (tertiary/aromatic N) is 3. The zero-order chi connectivity index (χ0) is 17.9. The monoisotopic (exact) mass is 473 g/mol. The Kier molecular flexibility index (Phi) is 4.99. The van der Waals surface area contributed by atoms with Crippen LogP contribution in [0.5, 0.6) is 5.75 Å². The van der Waals surface area contributed by atoms with Gasteiger partial charge < -0.3 is 4.74 Å². The van der Waals surface area contributed by atoms with Gasteiger partial charge in [0.05, 0.1) is 21.9 Å². The summed E-state index contributed by atoms with van der Waals surface area (Å²) in [5, 5.41) is 1.54. The fourth-order valence-corrected chi connectivity index (χ4v) is 3.39. The number of halogens is 2. The number of hydrogen-bond acceptors (Lipinski definition) is 4. The molecule has 2 heterocycles. The topological polar surface area (TPSA) is 47.9 Å². The lowest BCUT2D eigenvalue weighted by molar-refractivity contribution is 0.301. The van der Waals surface area contributed by atoms with Crippen LogP contribution >= 0.6 is 34.2 Å². The molecule has 0 aliphatic heterocycles. The van der Waals surface area contributed by atoms with Crippen molar-refractivity contribution < 1.29 is 4.74 Å². The minimum absolute atomic E-state index is 0.370. The van der Waals surface area contributed by atoms with Crippen LogP contribution in [0.3, 0.4) is 0 Å². The number of ether oxygens (including phenoxy) is 1. The average Bonchev–Trinajstić information content (AvgIpc) is 2.67. The Morgan fingerprint density at radius 3 is 2.69 bits per heavy atom. The van der Waals surface area contributed by atoms with Gasteiger partial charge in [-0.1, -0.05) is 17.7 Å². The highest BCUT2D eigenvalue weighted by Crippen LogP contribution is 2.33. The molecule has 4 aromatic rings. The van der Waals surface area contributed by atoms with Gasteiger partial charge in [-0.15, -0.1) is 0 Å². The van der Waals surface area contributed by atoms with Crippen molar-refractivity contribution in [2.24, 2.45) is 0 Å². The second-order valence-electron chi connectivity index (χ2n) is 5.64. The molecular formula is C20H13ClIN3O. The van der Waals surface area contributed by atoms with Gasteiger partial charge in [0.25, 0.3) is 0 Å². The fraction of sp³-hybridized carbons (Fsp3) is 0.0500. The summed E-state index contributed by atoms with van der Waals surface area (Å²) >= 11 is 8.72. The molecule has 4 rings (SSSR count). The smallest absolute Gasteiger partial charge is 0.138 e. The van der Waals surface area contributed by atoms with Crippen molar-refractivity contribution in [3.8, 4) is 17.0 Å². The van der Waals surface area contributed by atoms with E-state index >= 15 is 0 Å². The van der Waals surface area contributed by atoms with E-state index in [1.807, 2.05) is 48.5 Å². The summed E-state index contributed by atoms with van der Waals surface area (Å²) in [6.07, 6.45) is 3.31. The summed E-state index contributed by atoms with van der Waals surface area (Å²) in [6.45, 7) is 0.370. The minimum atomic E-state index is 0.370. The third-order valence-electron chi connectivity index (χ3n) is 3.90. The molecule has 0 unspecified atom stereocenters. The number of fused-ring (bicyclic) bond motifs is 1. The van der Waals surface area contributed by atoms with Gasteiger partial charge in [0.15, 0.2) is 0 Å². The number of rotatable bonds is 4. The third kappa shape index (κ3) is 3.64. The van der Waals surface area contributed by atoms with Gasteiger partial charge in [-0.3, -0.25) is 4.98 Å². The molecule has 26 heavy (non-hydrogen) atoms. The highest BCUT2D eigenvalue weighted by Gasteiger charge is 2.10. The van der Waals surface area contributed by atoms with Crippen LogP contribution in [0.15, 0.2) is 67.1 Å². The van der Waals surface area contributed by atoms with E-state index in [0.717, 1.165) is 31.4 Å². The average molecular weight is 474 g/mol. The molecule has 6 heteroatoms. The lowest BCUT2D eigenvalue weighted by Crippen LogP contribution is -1.98. The first-order valence-electron chi connectivity index (χ1n) is 7.93. The summed E-state index contributed by atoms with van der Waals surface area (Å²) in [5.74, 6) is 0.619. The molecule has 0 spiro atoms. The van der Waals surface area contributed by atoms with E-state index in [4.69, 9.17) is 16.3 Å². The molecule has 128 valence electrons. The van der Waals surface area contributed by atoms with Crippen molar-refractivity contribution in [2.45, 2.75) is 6.61 Å². The molecule has 0 aliphatic carbocycles. The molecule has 0 radical (unpaired) electrons. The zero-order valence-electron chi connectivity index (χ0n) is 13.6. The molecule has 0 fully saturated rings. The van der Waals surface area contributed by atoms with Crippen molar-refractivity contribution in [1.29, 1.82) is 0 Å². The molecule has 4 nitrogen and oxygen atoms in total. The molecule has 0 N–H and O–H groups in total. The predicted molar refractivity (Wildman–Crippen MR) is 111 cm³/mol. The first kappa shape index (κ1) is 17.2. The Morgan fingerprint density at radius 2 is 1.88 bits per heavy atom. The maximum absolute atomic E-state index is 6.44. The van der Waals surface area contributed by atoms with Crippen molar-refractivity contribution in [3.05, 3.63) is 81.4 Å². The quantitative estimate of drug-likeness (QED) is 0.366. The second-order valence-corrected chi connectivity index (χ2v) is 7.29. The molecule has 0 saturated heterocycles. The predicted octanol–water partition coefficient (Wildman–Crippen LogP) is 5.53. The van der Waals surface area contributed by atoms with Crippen LogP contribution in [0.1, 0.15) is 5.69 Å². The van der Waals surface area contributed by atoms with Crippen LogP contribution in [0.4, 0.5) is 0 Å². The summed E-state index contributed by atoms with van der Waals surface area (Å²) in [5.41, 5.74) is 3.53. The first-order chi connectivity index (χ1) is 12.7. The Labute approximate surface area is 169 Å². The van der Waals surface area contributed by atoms with Crippen LogP contribution in [-0.2, 0) is 6.61 Å². The van der Waals surface area contributed by atoms with E-state index in [0.29, 0.717) is 17.4 Å². The van der Waals surface area contributed by atoms with Crippen molar-refractivity contribution in [2.75, 3.05) is 0 Å². The molecule has 0 bridgehead atoms. The zero-order valence-corrected chi connectivity index (χ0v) is 16.5. The van der Waals surface area contributed by atoms with Crippen LogP contribution in [0.2, 0.25) is 5.02 Å². The van der Waals surface area contributed by atoms with Crippen LogP contribution < -0.4 is 4.74 Å². The van der Waals surface area contributed by atoms with E-state index in [2.05, 4.69) is 43.6 Å². The normalized spacial score (nSPS) is 10.8. The van der Waals surface area contributed by atoms with Gasteiger partial charge in [-0.2, -0.15) is 0 Å². The number of pyridine rings is 1. The van der Waals surface area contributed by atoms with Gasteiger partial charge in [0.1, 0.15) is 18.7 Å². The van der Waals surface area contributed by atoms with Gasteiger partial charge in [0, 0.05) is 20.7 Å². The molecule has 2 aromatic heterocycles. The molecule has 0 saturated carbocycles. The van der Waals surface area contributed by atoms with Crippen molar-refractivity contribution in [3.63, 3.8) is 0 Å². The van der Waals surface area contributed by atoms with E-state index in [1.165, 1.54) is 0 Å². The summed E-state index contributed by atoms with van der Waals surface area (Å²) in [4.78, 5) is 13.0. The Bertz CT molecular complexity index is 1070. The highest BCUT2D eigenvalue weighted by molar-refractivity contribution is 14.1. The van der Waals surface area contributed by atoms with E-state index in [9.17, 15) is 0 Å². The van der Waals surface area contributed by atoms with Gasteiger partial charge in [-0.05, 0) is 71.1 Å². The standard InChI is InChI=1S/C20H13ClIN3O/c21-17-9-13(4-7-19(17)26-11-15-3-1-2-8-23-15)20-16-10-14(22)5-6-18(16)24-12-25-20/h1-10,12H,11H2. The molecular weight excluding hydrogens is 461 g/mol. The minimum Gasteiger partial charge on any atom is -0.486 e. The SMILES string of the molecule is Clc1cc(-c2ncnc3ccc(I)cc23)ccc1OCc1ccccn1. The summed E-state index contributed by atoms with van der Waals surface area (Å²) in [7, 11) is 0. The van der Waals surface area contributed by atoms with Crippen LogP contribution in [0, 0.1) is 3.57 Å².